The Morgan fingerprint density at radius 2 is 2.15 bits per heavy atom. The van der Waals surface area contributed by atoms with Crippen LogP contribution < -0.4 is 16.0 Å². The maximum absolute atomic E-state index is 11.7. The lowest BCUT2D eigenvalue weighted by atomic mass is 10.3. The van der Waals surface area contributed by atoms with Crippen LogP contribution in [0.15, 0.2) is 18.5 Å². The first-order chi connectivity index (χ1) is 9.65. The summed E-state index contributed by atoms with van der Waals surface area (Å²) in [4.78, 5) is 26.2. The van der Waals surface area contributed by atoms with Crippen molar-refractivity contribution in [1.29, 1.82) is 0 Å². The number of hydrogen-bond acceptors (Lipinski definition) is 6. The van der Waals surface area contributed by atoms with E-state index in [2.05, 4.69) is 20.3 Å². The molecule has 106 valence electrons. The Balaban J connectivity index is 2.36. The number of likely N-dealkylation sites (N-methyl/N-ethyl adjacent to an activating group) is 2. The molecule has 2 rings (SSSR count). The zero-order valence-electron chi connectivity index (χ0n) is 11.6. The lowest BCUT2D eigenvalue weighted by Crippen LogP contribution is -2.37. The molecule has 7 heteroatoms. The summed E-state index contributed by atoms with van der Waals surface area (Å²) in [5.74, 6) is 1.06. The minimum Gasteiger partial charge on any atom is -0.384 e. The number of nitrogens with zero attached hydrogens (tertiary/aromatic N) is 4. The second-order valence-electron chi connectivity index (χ2n) is 4.27. The Morgan fingerprint density at radius 3 is 2.85 bits per heavy atom. The predicted octanol–water partition coefficient (Wildman–Crippen LogP) is 0.569. The molecule has 0 radical (unpaired) electrons. The zero-order valence-corrected chi connectivity index (χ0v) is 11.6. The third kappa shape index (κ3) is 2.93. The van der Waals surface area contributed by atoms with Crippen molar-refractivity contribution in [2.24, 2.45) is 0 Å². The van der Waals surface area contributed by atoms with Gasteiger partial charge in [0.15, 0.2) is 5.65 Å². The van der Waals surface area contributed by atoms with E-state index in [0.29, 0.717) is 30.4 Å². The molecule has 0 spiro atoms. The van der Waals surface area contributed by atoms with Crippen LogP contribution in [0.1, 0.15) is 13.8 Å². The minimum atomic E-state index is -0.0375. The first-order valence-corrected chi connectivity index (χ1v) is 6.54. The first-order valence-electron chi connectivity index (χ1n) is 6.54. The summed E-state index contributed by atoms with van der Waals surface area (Å²) in [5.41, 5.74) is 6.19. The van der Waals surface area contributed by atoms with Gasteiger partial charge in [-0.15, -0.1) is 0 Å². The van der Waals surface area contributed by atoms with Crippen LogP contribution in [0, 0.1) is 0 Å². The quantitative estimate of drug-likeness (QED) is 0.827. The van der Waals surface area contributed by atoms with Crippen LogP contribution in [0.4, 0.5) is 11.6 Å². The average molecular weight is 274 g/mol. The molecule has 2 aromatic heterocycles. The molecule has 7 nitrogen and oxygen atoms in total. The number of pyridine rings is 1. The number of carbonyl (C=O) groups is 1. The number of rotatable bonds is 5. The van der Waals surface area contributed by atoms with Gasteiger partial charge in [-0.2, -0.15) is 0 Å². The van der Waals surface area contributed by atoms with Crippen LogP contribution in [0.3, 0.4) is 0 Å². The lowest BCUT2D eigenvalue weighted by molar-refractivity contribution is -0.119. The summed E-state index contributed by atoms with van der Waals surface area (Å²) < 4.78 is 0. The molecular weight excluding hydrogens is 256 g/mol. The summed E-state index contributed by atoms with van der Waals surface area (Å²) in [7, 11) is 0. The van der Waals surface area contributed by atoms with E-state index in [9.17, 15) is 4.79 Å². The van der Waals surface area contributed by atoms with Crippen LogP contribution in [0.5, 0.6) is 0 Å². The summed E-state index contributed by atoms with van der Waals surface area (Å²) in [5, 5.41) is 3.56. The highest BCUT2D eigenvalue weighted by Crippen LogP contribution is 2.22. The smallest absolute Gasteiger partial charge is 0.239 e. The third-order valence-electron chi connectivity index (χ3n) is 2.89. The highest BCUT2D eigenvalue weighted by Gasteiger charge is 2.14. The number of fused-ring (bicyclic) bond motifs is 1. The number of nitrogen functional groups attached to an aromatic ring is 1. The molecule has 2 heterocycles. The van der Waals surface area contributed by atoms with Gasteiger partial charge in [-0.05, 0) is 26.0 Å². The molecule has 0 aliphatic heterocycles. The van der Waals surface area contributed by atoms with Crippen molar-refractivity contribution in [2.75, 3.05) is 30.3 Å². The van der Waals surface area contributed by atoms with Crippen molar-refractivity contribution in [3.05, 3.63) is 18.5 Å². The van der Waals surface area contributed by atoms with E-state index in [-0.39, 0.29) is 12.5 Å². The van der Waals surface area contributed by atoms with Crippen LogP contribution in [-0.2, 0) is 4.79 Å². The van der Waals surface area contributed by atoms with Crippen molar-refractivity contribution in [1.82, 2.24) is 20.3 Å². The van der Waals surface area contributed by atoms with Gasteiger partial charge in [0.05, 0.1) is 11.9 Å². The van der Waals surface area contributed by atoms with Gasteiger partial charge in [0.25, 0.3) is 0 Å². The van der Waals surface area contributed by atoms with Crippen molar-refractivity contribution >= 4 is 28.6 Å². The first kappa shape index (κ1) is 14.0. The van der Waals surface area contributed by atoms with E-state index in [1.165, 1.54) is 6.33 Å². The van der Waals surface area contributed by atoms with Gasteiger partial charge in [0, 0.05) is 13.1 Å². The number of amides is 1. The molecular formula is C13H18N6O. The van der Waals surface area contributed by atoms with Crippen LogP contribution in [0.25, 0.3) is 11.0 Å². The van der Waals surface area contributed by atoms with E-state index in [4.69, 9.17) is 5.73 Å². The van der Waals surface area contributed by atoms with Crippen LogP contribution in [0.2, 0.25) is 0 Å². The average Bonchev–Trinajstić information content (AvgIpc) is 2.44. The topological polar surface area (TPSA) is 97.0 Å². The fourth-order valence-electron chi connectivity index (χ4n) is 1.96. The van der Waals surface area contributed by atoms with E-state index in [1.807, 2.05) is 24.8 Å². The maximum Gasteiger partial charge on any atom is 0.239 e. The molecule has 2 aromatic rings. The van der Waals surface area contributed by atoms with Gasteiger partial charge in [0.2, 0.25) is 5.91 Å². The molecule has 0 fully saturated rings. The third-order valence-corrected chi connectivity index (χ3v) is 2.89. The number of aromatic nitrogens is 3. The Morgan fingerprint density at radius 1 is 1.35 bits per heavy atom. The molecule has 0 unspecified atom stereocenters. The van der Waals surface area contributed by atoms with Crippen molar-refractivity contribution in [3.8, 4) is 0 Å². The lowest BCUT2D eigenvalue weighted by Gasteiger charge is -2.22. The SMILES string of the molecule is CCNC(=O)CN(CC)c1ncnc2nc(N)ccc12. The predicted molar refractivity (Wildman–Crippen MR) is 78.3 cm³/mol. The number of hydrogen-bond donors (Lipinski definition) is 2. The molecule has 0 saturated carbocycles. The van der Waals surface area contributed by atoms with Crippen LogP contribution in [-0.4, -0.2) is 40.5 Å². The fourth-order valence-corrected chi connectivity index (χ4v) is 1.96. The summed E-state index contributed by atoms with van der Waals surface area (Å²) in [6.07, 6.45) is 1.44. The highest BCUT2D eigenvalue weighted by molar-refractivity contribution is 5.90. The van der Waals surface area contributed by atoms with Crippen molar-refractivity contribution in [3.63, 3.8) is 0 Å². The molecule has 0 aliphatic rings. The molecule has 0 bridgehead atoms. The number of carbonyl (C=O) groups excluding carboxylic acids is 1. The van der Waals surface area contributed by atoms with Crippen molar-refractivity contribution in [2.45, 2.75) is 13.8 Å². The zero-order chi connectivity index (χ0) is 14.5. The van der Waals surface area contributed by atoms with Gasteiger partial charge in [0.1, 0.15) is 18.0 Å². The van der Waals surface area contributed by atoms with Crippen LogP contribution >= 0.6 is 0 Å². The Labute approximate surface area is 117 Å². The monoisotopic (exact) mass is 274 g/mol. The van der Waals surface area contributed by atoms with E-state index in [1.54, 1.807) is 6.07 Å². The Hall–Kier alpha value is -2.44. The van der Waals surface area contributed by atoms with Gasteiger partial charge in [-0.25, -0.2) is 15.0 Å². The van der Waals surface area contributed by atoms with Gasteiger partial charge >= 0.3 is 0 Å². The minimum absolute atomic E-state index is 0.0375. The summed E-state index contributed by atoms with van der Waals surface area (Å²) in [6.45, 7) is 5.38. The standard InChI is InChI=1S/C13H18N6O/c1-3-15-11(20)7-19(4-2)13-9-5-6-10(14)18-12(9)16-8-17-13/h5-6,8H,3-4,7H2,1-2H3,(H,15,20)(H2,14,16,17,18). The molecule has 3 N–H and O–H groups in total. The van der Waals surface area contributed by atoms with Gasteiger partial charge < -0.3 is 16.0 Å². The van der Waals surface area contributed by atoms with E-state index >= 15 is 0 Å². The molecule has 1 amide bonds. The highest BCUT2D eigenvalue weighted by atomic mass is 16.2. The normalized spacial score (nSPS) is 10.5. The number of nitrogens with two attached hydrogens (primary N) is 1. The maximum atomic E-state index is 11.7. The molecule has 0 saturated heterocycles. The summed E-state index contributed by atoms with van der Waals surface area (Å²) >= 11 is 0. The Bertz CT molecular complexity index is 615. The fraction of sp³-hybridized carbons (Fsp3) is 0.385. The molecule has 0 aromatic carbocycles. The summed E-state index contributed by atoms with van der Waals surface area (Å²) in [6, 6.07) is 3.53. The van der Waals surface area contributed by atoms with E-state index < -0.39 is 0 Å². The molecule has 0 atom stereocenters. The van der Waals surface area contributed by atoms with Crippen molar-refractivity contribution < 1.29 is 4.79 Å². The number of nitrogens with one attached hydrogen (secondary N) is 1. The largest absolute Gasteiger partial charge is 0.384 e. The van der Waals surface area contributed by atoms with Gasteiger partial charge in [-0.3, -0.25) is 4.79 Å². The Kier molecular flexibility index (Phi) is 4.29. The second-order valence-corrected chi connectivity index (χ2v) is 4.27. The second kappa shape index (κ2) is 6.14. The van der Waals surface area contributed by atoms with Gasteiger partial charge in [-0.1, -0.05) is 0 Å². The number of anilines is 2. The molecule has 20 heavy (non-hydrogen) atoms. The molecule has 0 aliphatic carbocycles. The van der Waals surface area contributed by atoms with E-state index in [0.717, 1.165) is 5.39 Å².